The van der Waals surface area contributed by atoms with E-state index in [0.717, 1.165) is 24.0 Å². The van der Waals surface area contributed by atoms with Crippen LogP contribution in [0.1, 0.15) is 24.0 Å². The fourth-order valence-corrected chi connectivity index (χ4v) is 3.86. The van der Waals surface area contributed by atoms with Crippen LogP contribution in [-0.2, 0) is 11.2 Å². The van der Waals surface area contributed by atoms with E-state index in [-0.39, 0.29) is 11.4 Å². The molecule has 1 amide bonds. The molecule has 2 aromatic rings. The fraction of sp³-hybridized carbons (Fsp3) is 0.368. The number of H-pyrrole nitrogens is 1. The molecule has 0 atom stereocenters. The molecule has 0 unspecified atom stereocenters. The lowest BCUT2D eigenvalue weighted by Crippen LogP contribution is -2.58. The molecule has 6 N–H and O–H groups in total. The molecule has 136 valence electrons. The number of anilines is 2. The van der Waals surface area contributed by atoms with Gasteiger partial charge in [0.2, 0.25) is 5.91 Å². The molecule has 4 rings (SSSR count). The second-order valence-corrected chi connectivity index (χ2v) is 7.27. The van der Waals surface area contributed by atoms with Crippen LogP contribution >= 0.6 is 0 Å². The van der Waals surface area contributed by atoms with Gasteiger partial charge < -0.3 is 26.3 Å². The number of aromatic amines is 1. The van der Waals surface area contributed by atoms with Crippen LogP contribution in [0.5, 0.6) is 0 Å². The number of nitrogens with one attached hydrogen (secondary N) is 2. The van der Waals surface area contributed by atoms with Gasteiger partial charge >= 0.3 is 0 Å². The lowest BCUT2D eigenvalue weighted by atomic mass is 10.1. The van der Waals surface area contributed by atoms with Crippen LogP contribution < -0.4 is 11.5 Å². The van der Waals surface area contributed by atoms with Gasteiger partial charge in [-0.05, 0) is 36.6 Å². The number of piperazine rings is 1. The molecule has 1 aromatic heterocycles. The molecule has 26 heavy (non-hydrogen) atoms. The number of nitrogen functional groups attached to an aromatic ring is 2. The monoisotopic (exact) mass is 352 g/mol. The largest absolute Gasteiger partial charge is 0.399 e. The topological polar surface area (TPSA) is 115 Å². The third-order valence-corrected chi connectivity index (χ3v) is 5.44. The van der Waals surface area contributed by atoms with Gasteiger partial charge in [-0.3, -0.25) is 10.2 Å². The number of nitrogens with two attached hydrogens (primary N) is 2. The van der Waals surface area contributed by atoms with Gasteiger partial charge in [0.15, 0.2) is 0 Å². The molecule has 2 heterocycles. The van der Waals surface area contributed by atoms with E-state index >= 15 is 0 Å². The maximum absolute atomic E-state index is 12.9. The smallest absolute Gasteiger partial charge is 0.227 e. The summed E-state index contributed by atoms with van der Waals surface area (Å²) in [4.78, 5) is 19.9. The number of carbonyl (C=O) groups is 1. The Morgan fingerprint density at radius 1 is 1.23 bits per heavy atom. The number of hydrogen-bond donors (Lipinski definition) is 4. The molecule has 1 aliphatic heterocycles. The summed E-state index contributed by atoms with van der Waals surface area (Å²) in [5.41, 5.74) is 13.9. The highest BCUT2D eigenvalue weighted by molar-refractivity contribution is 6.00. The summed E-state index contributed by atoms with van der Waals surface area (Å²) in [6, 6.07) is 9.33. The molecule has 0 radical (unpaired) electrons. The quantitative estimate of drug-likeness (QED) is 0.380. The molecule has 7 heteroatoms. The number of amides is 1. The maximum atomic E-state index is 12.9. The van der Waals surface area contributed by atoms with Crippen molar-refractivity contribution in [2.45, 2.75) is 24.8 Å². The van der Waals surface area contributed by atoms with Crippen molar-refractivity contribution in [3.63, 3.8) is 0 Å². The van der Waals surface area contributed by atoms with Gasteiger partial charge in [-0.1, -0.05) is 12.1 Å². The first-order valence-electron chi connectivity index (χ1n) is 8.90. The third kappa shape index (κ3) is 2.89. The highest BCUT2D eigenvalue weighted by Crippen LogP contribution is 2.44. The van der Waals surface area contributed by atoms with Gasteiger partial charge in [0.05, 0.1) is 17.5 Å². The lowest BCUT2D eigenvalue weighted by Gasteiger charge is -2.43. The zero-order valence-corrected chi connectivity index (χ0v) is 14.7. The molecular formula is C19H24N6O. The summed E-state index contributed by atoms with van der Waals surface area (Å²) in [7, 11) is 0. The minimum absolute atomic E-state index is 0.132. The summed E-state index contributed by atoms with van der Waals surface area (Å²) in [6.45, 7) is 1.97. The highest BCUT2D eigenvalue weighted by atomic mass is 16.2. The Balaban J connectivity index is 1.46. The first-order chi connectivity index (χ1) is 12.5. The number of aromatic nitrogens is 1. The average molecular weight is 352 g/mol. The molecule has 1 aliphatic carbocycles. The number of hydrogen-bond acceptors (Lipinski definition) is 4. The van der Waals surface area contributed by atoms with Crippen molar-refractivity contribution in [1.82, 2.24) is 14.8 Å². The van der Waals surface area contributed by atoms with Gasteiger partial charge in [0.1, 0.15) is 11.7 Å². The normalized spacial score (nSPS) is 18.2. The molecule has 0 bridgehead atoms. The van der Waals surface area contributed by atoms with Crippen LogP contribution in [0.25, 0.3) is 0 Å². The summed E-state index contributed by atoms with van der Waals surface area (Å²) < 4.78 is 0. The van der Waals surface area contributed by atoms with E-state index in [0.29, 0.717) is 43.4 Å². The van der Waals surface area contributed by atoms with E-state index in [1.54, 1.807) is 6.20 Å². The zero-order valence-electron chi connectivity index (χ0n) is 14.7. The Hall–Kier alpha value is -2.96. The van der Waals surface area contributed by atoms with Gasteiger partial charge in [0.25, 0.3) is 0 Å². The van der Waals surface area contributed by atoms with Crippen LogP contribution in [0.2, 0.25) is 0 Å². The lowest BCUT2D eigenvalue weighted by molar-refractivity contribution is -0.135. The van der Waals surface area contributed by atoms with Crippen molar-refractivity contribution in [1.29, 1.82) is 5.41 Å². The number of amidine groups is 1. The van der Waals surface area contributed by atoms with Crippen molar-refractivity contribution in [3.05, 3.63) is 47.7 Å². The first kappa shape index (κ1) is 16.5. The average Bonchev–Trinajstić information content (AvgIpc) is 3.23. The third-order valence-electron chi connectivity index (χ3n) is 5.44. The zero-order chi connectivity index (χ0) is 18.3. The Kier molecular flexibility index (Phi) is 3.86. The second-order valence-electron chi connectivity index (χ2n) is 7.27. The molecule has 1 saturated carbocycles. The van der Waals surface area contributed by atoms with Gasteiger partial charge in [-0.2, -0.15) is 0 Å². The van der Waals surface area contributed by atoms with E-state index in [4.69, 9.17) is 16.9 Å². The summed E-state index contributed by atoms with van der Waals surface area (Å²) in [5, 5.41) is 8.47. The number of carbonyl (C=O) groups excluding carboxylic acids is 1. The van der Waals surface area contributed by atoms with Gasteiger partial charge in [-0.25, -0.2) is 0 Å². The van der Waals surface area contributed by atoms with Crippen LogP contribution in [0.4, 0.5) is 11.5 Å². The van der Waals surface area contributed by atoms with Gasteiger partial charge in [0, 0.05) is 31.5 Å². The molecule has 7 nitrogen and oxygen atoms in total. The number of benzene rings is 1. The second kappa shape index (κ2) is 6.09. The van der Waals surface area contributed by atoms with Gasteiger partial charge in [-0.15, -0.1) is 0 Å². The molecule has 2 aliphatic rings. The summed E-state index contributed by atoms with van der Waals surface area (Å²) >= 11 is 0. The first-order valence-corrected chi connectivity index (χ1v) is 8.90. The fourth-order valence-electron chi connectivity index (χ4n) is 3.86. The standard InChI is InChI=1S/C19H24N6O/c20-14-3-1-2-13(10-14)11-16(26)25-9-8-24(12-19(25)5-6-19)18(22)15-4-7-23-17(15)21/h1-4,7,10,22-23H,5-6,8-9,11-12,20-21H2. The Morgan fingerprint density at radius 3 is 2.69 bits per heavy atom. The predicted octanol–water partition coefficient (Wildman–Crippen LogP) is 1.42. The van der Waals surface area contributed by atoms with Crippen LogP contribution in [0.3, 0.4) is 0 Å². The summed E-state index contributed by atoms with van der Waals surface area (Å²) in [5.74, 6) is 1.08. The minimum Gasteiger partial charge on any atom is -0.399 e. The molecule has 2 fully saturated rings. The minimum atomic E-state index is -0.132. The van der Waals surface area contributed by atoms with Crippen molar-refractivity contribution in [2.24, 2.45) is 0 Å². The Morgan fingerprint density at radius 2 is 2.04 bits per heavy atom. The van der Waals surface area contributed by atoms with Crippen molar-refractivity contribution < 1.29 is 4.79 Å². The SMILES string of the molecule is N=C(c1cc[nH]c1N)N1CCN(C(=O)Cc2cccc(N)c2)C2(CC2)C1. The van der Waals surface area contributed by atoms with E-state index in [2.05, 4.69) is 4.98 Å². The van der Waals surface area contributed by atoms with E-state index in [1.165, 1.54) is 0 Å². The van der Waals surface area contributed by atoms with Crippen molar-refractivity contribution >= 4 is 23.2 Å². The summed E-state index contributed by atoms with van der Waals surface area (Å²) in [6.07, 6.45) is 4.09. The number of nitrogens with zero attached hydrogens (tertiary/aromatic N) is 2. The van der Waals surface area contributed by atoms with E-state index in [9.17, 15) is 4.79 Å². The molecule has 1 saturated heterocycles. The maximum Gasteiger partial charge on any atom is 0.227 e. The van der Waals surface area contributed by atoms with Crippen molar-refractivity contribution in [2.75, 3.05) is 31.1 Å². The predicted molar refractivity (Wildman–Crippen MR) is 102 cm³/mol. The highest BCUT2D eigenvalue weighted by Gasteiger charge is 2.53. The number of rotatable bonds is 3. The van der Waals surface area contributed by atoms with Crippen LogP contribution in [0.15, 0.2) is 36.5 Å². The Bertz CT molecular complexity index is 853. The van der Waals surface area contributed by atoms with E-state index < -0.39 is 0 Å². The molecular weight excluding hydrogens is 328 g/mol. The molecule has 1 spiro atoms. The van der Waals surface area contributed by atoms with E-state index in [1.807, 2.05) is 40.1 Å². The molecule has 1 aromatic carbocycles. The van der Waals surface area contributed by atoms with Crippen LogP contribution in [-0.4, -0.2) is 51.7 Å². The van der Waals surface area contributed by atoms with Crippen LogP contribution in [0, 0.1) is 5.41 Å². The van der Waals surface area contributed by atoms with Crippen molar-refractivity contribution in [3.8, 4) is 0 Å². The Labute approximate surface area is 152 Å².